The minimum absolute atomic E-state index is 0.210. The SMILES string of the molecule is O=S(=O)(NC1=NCN(Cc2cccnc2)CN1)c1ccccc1. The van der Waals surface area contributed by atoms with Crippen LogP contribution in [-0.4, -0.2) is 37.6 Å². The van der Waals surface area contributed by atoms with Crippen molar-refractivity contribution < 1.29 is 8.42 Å². The van der Waals surface area contributed by atoms with Crippen molar-refractivity contribution >= 4 is 16.0 Å². The van der Waals surface area contributed by atoms with Gasteiger partial charge in [-0.1, -0.05) is 24.3 Å². The smallest absolute Gasteiger partial charge is 0.264 e. The summed E-state index contributed by atoms with van der Waals surface area (Å²) < 4.78 is 26.9. The van der Waals surface area contributed by atoms with Gasteiger partial charge in [0.05, 0.1) is 18.2 Å². The Bertz CT molecular complexity index is 778. The summed E-state index contributed by atoms with van der Waals surface area (Å²) in [5.41, 5.74) is 1.08. The van der Waals surface area contributed by atoms with Gasteiger partial charge in [0.2, 0.25) is 5.96 Å². The van der Waals surface area contributed by atoms with Crippen molar-refractivity contribution in [3.63, 3.8) is 0 Å². The van der Waals surface area contributed by atoms with Gasteiger partial charge in [-0.15, -0.1) is 0 Å². The predicted octanol–water partition coefficient (Wildman–Crippen LogP) is 0.736. The average Bonchev–Trinajstić information content (AvgIpc) is 2.58. The van der Waals surface area contributed by atoms with Crippen LogP contribution in [0.4, 0.5) is 0 Å². The standard InChI is InChI=1S/C15H17N5O2S/c21-23(22,14-6-2-1-3-7-14)19-15-17-11-20(12-18-15)10-13-5-4-8-16-9-13/h1-9H,10-12H2,(H2,17,18,19). The van der Waals surface area contributed by atoms with Crippen molar-refractivity contribution in [1.82, 2.24) is 19.9 Å². The molecule has 23 heavy (non-hydrogen) atoms. The molecule has 120 valence electrons. The molecule has 1 aliphatic heterocycles. The maximum Gasteiger partial charge on any atom is 0.264 e. The lowest BCUT2D eigenvalue weighted by Gasteiger charge is -2.26. The van der Waals surface area contributed by atoms with E-state index >= 15 is 0 Å². The minimum atomic E-state index is -3.61. The van der Waals surface area contributed by atoms with Gasteiger partial charge in [0, 0.05) is 18.9 Å². The third kappa shape index (κ3) is 4.05. The second kappa shape index (κ2) is 6.76. The first-order valence-electron chi connectivity index (χ1n) is 7.11. The molecule has 0 saturated carbocycles. The monoisotopic (exact) mass is 331 g/mol. The molecule has 2 N–H and O–H groups in total. The fourth-order valence-corrected chi connectivity index (χ4v) is 3.20. The van der Waals surface area contributed by atoms with Crippen LogP contribution in [0.15, 0.2) is 64.7 Å². The molecule has 0 amide bonds. The van der Waals surface area contributed by atoms with E-state index in [0.717, 1.165) is 5.56 Å². The van der Waals surface area contributed by atoms with Crippen molar-refractivity contribution in [2.24, 2.45) is 4.99 Å². The summed E-state index contributed by atoms with van der Waals surface area (Å²) in [4.78, 5) is 10.6. The van der Waals surface area contributed by atoms with Crippen LogP contribution in [0.2, 0.25) is 0 Å². The van der Waals surface area contributed by atoms with Gasteiger partial charge in [-0.05, 0) is 23.8 Å². The van der Waals surface area contributed by atoms with E-state index < -0.39 is 10.0 Å². The molecule has 1 aromatic carbocycles. The van der Waals surface area contributed by atoms with Gasteiger partial charge >= 0.3 is 0 Å². The van der Waals surface area contributed by atoms with Crippen molar-refractivity contribution in [2.75, 3.05) is 13.3 Å². The quantitative estimate of drug-likeness (QED) is 0.863. The Kier molecular flexibility index (Phi) is 4.54. The molecule has 7 nitrogen and oxygen atoms in total. The van der Waals surface area contributed by atoms with E-state index in [2.05, 4.69) is 20.0 Å². The third-order valence-electron chi connectivity index (χ3n) is 3.31. The van der Waals surface area contributed by atoms with Gasteiger partial charge in [-0.3, -0.25) is 9.88 Å². The fourth-order valence-electron chi connectivity index (χ4n) is 2.17. The number of aliphatic imine (C=N–C) groups is 1. The largest absolute Gasteiger partial charge is 0.343 e. The second-order valence-corrected chi connectivity index (χ2v) is 6.77. The van der Waals surface area contributed by atoms with Crippen LogP contribution in [0.3, 0.4) is 0 Å². The fraction of sp³-hybridized carbons (Fsp3) is 0.200. The highest BCUT2D eigenvalue weighted by Gasteiger charge is 2.19. The molecule has 3 rings (SSSR count). The molecule has 0 atom stereocenters. The van der Waals surface area contributed by atoms with E-state index in [9.17, 15) is 8.42 Å². The molecule has 0 spiro atoms. The van der Waals surface area contributed by atoms with E-state index in [1.807, 2.05) is 17.0 Å². The van der Waals surface area contributed by atoms with E-state index in [0.29, 0.717) is 19.9 Å². The van der Waals surface area contributed by atoms with Crippen LogP contribution in [0.5, 0.6) is 0 Å². The van der Waals surface area contributed by atoms with Crippen molar-refractivity contribution in [3.05, 3.63) is 60.4 Å². The summed E-state index contributed by atoms with van der Waals surface area (Å²) in [7, 11) is -3.61. The maximum atomic E-state index is 12.2. The lowest BCUT2D eigenvalue weighted by Crippen LogP contribution is -2.49. The summed E-state index contributed by atoms with van der Waals surface area (Å²) in [6.45, 7) is 1.61. The molecule has 0 unspecified atom stereocenters. The Hall–Kier alpha value is -2.45. The van der Waals surface area contributed by atoms with E-state index in [1.165, 1.54) is 0 Å². The molecule has 0 fully saturated rings. The lowest BCUT2D eigenvalue weighted by atomic mass is 10.3. The molecule has 0 aliphatic carbocycles. The van der Waals surface area contributed by atoms with Crippen molar-refractivity contribution in [1.29, 1.82) is 0 Å². The molecule has 0 bridgehead atoms. The van der Waals surface area contributed by atoms with Gasteiger partial charge in [0.25, 0.3) is 10.0 Å². The van der Waals surface area contributed by atoms with Gasteiger partial charge in [0.1, 0.15) is 0 Å². The van der Waals surface area contributed by atoms with E-state index in [4.69, 9.17) is 0 Å². The van der Waals surface area contributed by atoms with Gasteiger partial charge in [-0.2, -0.15) is 0 Å². The number of guanidine groups is 1. The van der Waals surface area contributed by atoms with Gasteiger partial charge < -0.3 is 5.32 Å². The van der Waals surface area contributed by atoms with Crippen LogP contribution in [0, 0.1) is 0 Å². The molecule has 0 radical (unpaired) electrons. The highest BCUT2D eigenvalue weighted by Crippen LogP contribution is 2.08. The Morgan fingerprint density at radius 2 is 2.00 bits per heavy atom. The van der Waals surface area contributed by atoms with Gasteiger partial charge in [-0.25, -0.2) is 18.1 Å². The lowest BCUT2D eigenvalue weighted by molar-refractivity contribution is 0.255. The first kappa shape index (κ1) is 15.4. The Morgan fingerprint density at radius 1 is 1.17 bits per heavy atom. The Morgan fingerprint density at radius 3 is 2.65 bits per heavy atom. The van der Waals surface area contributed by atoms with Crippen LogP contribution < -0.4 is 10.0 Å². The Balaban J connectivity index is 1.61. The molecule has 1 aliphatic rings. The summed E-state index contributed by atoms with van der Waals surface area (Å²) in [5.74, 6) is 0.260. The maximum absolute atomic E-state index is 12.2. The molecule has 1 aromatic heterocycles. The highest BCUT2D eigenvalue weighted by molar-refractivity contribution is 7.90. The first-order valence-corrected chi connectivity index (χ1v) is 8.59. The number of aromatic nitrogens is 1. The predicted molar refractivity (Wildman–Crippen MR) is 86.8 cm³/mol. The zero-order chi connectivity index (χ0) is 16.1. The molecular weight excluding hydrogens is 314 g/mol. The molecule has 2 aromatic rings. The summed E-state index contributed by atoms with van der Waals surface area (Å²) in [6.07, 6.45) is 3.53. The van der Waals surface area contributed by atoms with E-state index in [1.54, 1.807) is 42.7 Å². The normalized spacial score (nSPS) is 15.6. The zero-order valence-electron chi connectivity index (χ0n) is 12.4. The summed E-state index contributed by atoms with van der Waals surface area (Å²) in [6, 6.07) is 12.1. The number of rotatable bonds is 4. The van der Waals surface area contributed by atoms with Crippen molar-refractivity contribution in [2.45, 2.75) is 11.4 Å². The topological polar surface area (TPSA) is 86.7 Å². The highest BCUT2D eigenvalue weighted by atomic mass is 32.2. The number of nitrogens with zero attached hydrogens (tertiary/aromatic N) is 3. The van der Waals surface area contributed by atoms with E-state index in [-0.39, 0.29) is 10.9 Å². The number of nitrogens with one attached hydrogen (secondary N) is 2. The molecular formula is C15H17N5O2S. The van der Waals surface area contributed by atoms with Crippen LogP contribution in [0.25, 0.3) is 0 Å². The molecule has 0 saturated heterocycles. The Labute approximate surface area is 135 Å². The second-order valence-electron chi connectivity index (χ2n) is 5.09. The van der Waals surface area contributed by atoms with Crippen LogP contribution in [-0.2, 0) is 16.6 Å². The number of sulfonamides is 1. The van der Waals surface area contributed by atoms with Crippen LogP contribution in [0.1, 0.15) is 5.56 Å². The molecule has 8 heteroatoms. The van der Waals surface area contributed by atoms with Gasteiger partial charge in [0.15, 0.2) is 0 Å². The summed E-state index contributed by atoms with van der Waals surface area (Å²) >= 11 is 0. The molecule has 2 heterocycles. The number of hydrogen-bond donors (Lipinski definition) is 2. The number of pyridine rings is 1. The summed E-state index contributed by atoms with van der Waals surface area (Å²) in [5, 5.41) is 2.98. The third-order valence-corrected chi connectivity index (χ3v) is 4.67. The minimum Gasteiger partial charge on any atom is -0.343 e. The first-order chi connectivity index (χ1) is 11.1. The van der Waals surface area contributed by atoms with Crippen molar-refractivity contribution in [3.8, 4) is 0 Å². The number of benzene rings is 1. The average molecular weight is 331 g/mol. The van der Waals surface area contributed by atoms with Crippen LogP contribution >= 0.6 is 0 Å². The number of hydrogen-bond acceptors (Lipinski definition) is 6. The zero-order valence-corrected chi connectivity index (χ0v) is 13.2.